The molecule has 0 radical (unpaired) electrons. The summed E-state index contributed by atoms with van der Waals surface area (Å²) in [4.78, 5) is 28.5. The molecule has 1 N–H and O–H groups in total. The van der Waals surface area contributed by atoms with E-state index in [9.17, 15) is 14.0 Å². The molecule has 0 atom stereocenters. The molecule has 2 saturated heterocycles. The lowest BCUT2D eigenvalue weighted by Gasteiger charge is -2.29. The van der Waals surface area contributed by atoms with Crippen molar-refractivity contribution < 1.29 is 18.7 Å². The van der Waals surface area contributed by atoms with Crippen LogP contribution in [0.5, 0.6) is 0 Å². The number of morpholine rings is 1. The van der Waals surface area contributed by atoms with Gasteiger partial charge in [0.05, 0.1) is 24.6 Å². The highest BCUT2D eigenvalue weighted by atomic mass is 35.5. The van der Waals surface area contributed by atoms with E-state index in [1.54, 1.807) is 36.4 Å². The van der Waals surface area contributed by atoms with Gasteiger partial charge in [-0.25, -0.2) is 4.39 Å². The third-order valence-electron chi connectivity index (χ3n) is 4.82. The van der Waals surface area contributed by atoms with Gasteiger partial charge in [-0.05, 0) is 60.3 Å². The lowest BCUT2D eigenvalue weighted by molar-refractivity contribution is -0.122. The van der Waals surface area contributed by atoms with Crippen molar-refractivity contribution in [3.63, 3.8) is 0 Å². The fourth-order valence-electron chi connectivity index (χ4n) is 3.32. The first-order valence-electron chi connectivity index (χ1n) is 9.23. The van der Waals surface area contributed by atoms with Crippen LogP contribution in [0.15, 0.2) is 48.0 Å². The molecule has 0 saturated carbocycles. The summed E-state index contributed by atoms with van der Waals surface area (Å²) in [6.07, 6.45) is 1.36. The van der Waals surface area contributed by atoms with Gasteiger partial charge in [0, 0.05) is 18.1 Å². The van der Waals surface area contributed by atoms with Gasteiger partial charge in [-0.2, -0.15) is 0 Å². The minimum Gasteiger partial charge on any atom is -0.378 e. The van der Waals surface area contributed by atoms with Gasteiger partial charge in [0.2, 0.25) is 0 Å². The Morgan fingerprint density at radius 3 is 2.47 bits per heavy atom. The summed E-state index contributed by atoms with van der Waals surface area (Å²) in [5, 5.41) is 2.98. The third kappa shape index (κ3) is 4.07. The smallest absolute Gasteiger partial charge is 0.270 e. The minimum atomic E-state index is -0.632. The number of rotatable bonds is 3. The number of nitrogens with one attached hydrogen (secondary N) is 1. The van der Waals surface area contributed by atoms with E-state index in [1.165, 1.54) is 17.0 Å². The topological polar surface area (TPSA) is 61.9 Å². The summed E-state index contributed by atoms with van der Waals surface area (Å²) in [6, 6.07) is 11.1. The van der Waals surface area contributed by atoms with E-state index < -0.39 is 17.6 Å². The minimum absolute atomic E-state index is 0.0293. The Bertz CT molecular complexity index is 1050. The first-order valence-corrected chi connectivity index (χ1v) is 10.0. The molecule has 4 rings (SSSR count). The molecule has 6 nitrogen and oxygen atoms in total. The number of benzene rings is 2. The fraction of sp³-hybridized carbons (Fsp3) is 0.190. The second-order valence-electron chi connectivity index (χ2n) is 6.74. The molecule has 0 unspecified atom stereocenters. The van der Waals surface area contributed by atoms with Crippen LogP contribution in [0.4, 0.5) is 15.8 Å². The third-order valence-corrected chi connectivity index (χ3v) is 5.36. The Labute approximate surface area is 182 Å². The number of halogens is 2. The highest BCUT2D eigenvalue weighted by molar-refractivity contribution is 7.80. The molecule has 2 amide bonds. The van der Waals surface area contributed by atoms with Gasteiger partial charge in [-0.3, -0.25) is 19.8 Å². The number of carbonyl (C=O) groups is 2. The standard InChI is InChI=1S/C21H17ClFN3O3S/c22-14-2-4-15(5-3-14)26-20(28)16(19(27)24-21(26)30)11-13-1-6-18(17(23)12-13)25-7-9-29-10-8-25/h1-6,11-12H,7-10H2,(H,24,27,30)/b16-11+. The van der Waals surface area contributed by atoms with Crippen LogP contribution < -0.4 is 15.1 Å². The molecule has 0 aromatic heterocycles. The molecule has 9 heteroatoms. The molecule has 30 heavy (non-hydrogen) atoms. The van der Waals surface area contributed by atoms with Gasteiger partial charge >= 0.3 is 0 Å². The highest BCUT2D eigenvalue weighted by Crippen LogP contribution is 2.26. The zero-order valence-corrected chi connectivity index (χ0v) is 17.3. The van der Waals surface area contributed by atoms with Crippen molar-refractivity contribution in [1.82, 2.24) is 5.32 Å². The number of hydrogen-bond donors (Lipinski definition) is 1. The van der Waals surface area contributed by atoms with Crippen LogP contribution in [0.2, 0.25) is 5.02 Å². The van der Waals surface area contributed by atoms with E-state index in [2.05, 4.69) is 5.32 Å². The lowest BCUT2D eigenvalue weighted by atomic mass is 10.1. The van der Waals surface area contributed by atoms with Crippen LogP contribution in [0.25, 0.3) is 6.08 Å². The van der Waals surface area contributed by atoms with Crippen LogP contribution >= 0.6 is 23.8 Å². The van der Waals surface area contributed by atoms with Gasteiger partial charge in [-0.1, -0.05) is 17.7 Å². The van der Waals surface area contributed by atoms with E-state index in [0.29, 0.717) is 48.3 Å². The van der Waals surface area contributed by atoms with Gasteiger partial charge in [0.1, 0.15) is 11.4 Å². The molecular formula is C21H17ClFN3O3S. The van der Waals surface area contributed by atoms with Gasteiger partial charge < -0.3 is 9.64 Å². The number of thiocarbonyl (C=S) groups is 1. The maximum atomic E-state index is 14.7. The second kappa shape index (κ2) is 8.51. The number of hydrogen-bond acceptors (Lipinski definition) is 5. The van der Waals surface area contributed by atoms with Crippen molar-refractivity contribution in [2.75, 3.05) is 36.1 Å². The first kappa shape index (κ1) is 20.5. The number of nitrogens with zero attached hydrogens (tertiary/aromatic N) is 2. The largest absolute Gasteiger partial charge is 0.378 e. The predicted molar refractivity (Wildman–Crippen MR) is 117 cm³/mol. The van der Waals surface area contributed by atoms with E-state index in [-0.39, 0.29) is 10.7 Å². The van der Waals surface area contributed by atoms with E-state index in [0.717, 1.165) is 0 Å². The average Bonchev–Trinajstić information content (AvgIpc) is 2.73. The molecular weight excluding hydrogens is 429 g/mol. The van der Waals surface area contributed by atoms with Gasteiger partial charge in [0.25, 0.3) is 11.8 Å². The Morgan fingerprint density at radius 2 is 1.80 bits per heavy atom. The number of anilines is 2. The van der Waals surface area contributed by atoms with Gasteiger partial charge in [-0.15, -0.1) is 0 Å². The molecule has 2 aliphatic rings. The van der Waals surface area contributed by atoms with E-state index in [4.69, 9.17) is 28.6 Å². The quantitative estimate of drug-likeness (QED) is 0.447. The van der Waals surface area contributed by atoms with E-state index >= 15 is 0 Å². The maximum absolute atomic E-state index is 14.7. The molecule has 2 aromatic carbocycles. The maximum Gasteiger partial charge on any atom is 0.270 e. The lowest BCUT2D eigenvalue weighted by Crippen LogP contribution is -2.54. The fourth-order valence-corrected chi connectivity index (χ4v) is 3.73. The average molecular weight is 446 g/mol. The number of carbonyl (C=O) groups excluding carboxylic acids is 2. The Morgan fingerprint density at radius 1 is 1.10 bits per heavy atom. The van der Waals surface area contributed by atoms with Crippen molar-refractivity contribution in [2.45, 2.75) is 0 Å². The van der Waals surface area contributed by atoms with Crippen LogP contribution in [-0.4, -0.2) is 43.2 Å². The molecule has 2 heterocycles. The Kier molecular flexibility index (Phi) is 5.80. The van der Waals surface area contributed by atoms with Crippen LogP contribution in [0, 0.1) is 5.82 Å². The Hall–Kier alpha value is -2.81. The summed E-state index contributed by atoms with van der Waals surface area (Å²) in [5.41, 5.74) is 1.18. The van der Waals surface area contributed by atoms with Crippen molar-refractivity contribution in [3.8, 4) is 0 Å². The van der Waals surface area contributed by atoms with Crippen molar-refractivity contribution in [1.29, 1.82) is 0 Å². The molecule has 0 bridgehead atoms. The molecule has 2 fully saturated rings. The zero-order valence-electron chi connectivity index (χ0n) is 15.7. The van der Waals surface area contributed by atoms with Gasteiger partial charge in [0.15, 0.2) is 5.11 Å². The van der Waals surface area contributed by atoms with Crippen molar-refractivity contribution in [2.24, 2.45) is 0 Å². The molecule has 0 spiro atoms. The summed E-state index contributed by atoms with van der Waals surface area (Å²) in [6.45, 7) is 2.29. The van der Waals surface area contributed by atoms with Crippen molar-refractivity contribution >= 4 is 58.2 Å². The Balaban J connectivity index is 1.64. The summed E-state index contributed by atoms with van der Waals surface area (Å²) >= 11 is 11.1. The summed E-state index contributed by atoms with van der Waals surface area (Å²) < 4.78 is 20.0. The first-order chi connectivity index (χ1) is 14.4. The monoisotopic (exact) mass is 445 g/mol. The molecule has 2 aromatic rings. The molecule has 0 aliphatic carbocycles. The summed E-state index contributed by atoms with van der Waals surface area (Å²) in [5.74, 6) is -1.66. The van der Waals surface area contributed by atoms with Crippen LogP contribution in [-0.2, 0) is 14.3 Å². The van der Waals surface area contributed by atoms with Crippen LogP contribution in [0.3, 0.4) is 0 Å². The predicted octanol–water partition coefficient (Wildman–Crippen LogP) is 3.15. The molecule has 154 valence electrons. The highest BCUT2D eigenvalue weighted by Gasteiger charge is 2.34. The van der Waals surface area contributed by atoms with Crippen molar-refractivity contribution in [3.05, 3.63) is 64.4 Å². The number of amides is 2. The van der Waals surface area contributed by atoms with E-state index in [1.807, 2.05) is 4.90 Å². The SMILES string of the molecule is O=C1NC(=S)N(c2ccc(Cl)cc2)C(=O)/C1=C/c1ccc(N2CCOCC2)c(F)c1. The summed E-state index contributed by atoms with van der Waals surface area (Å²) in [7, 11) is 0. The zero-order chi connectivity index (χ0) is 21.3. The normalized spacial score (nSPS) is 18.7. The number of ether oxygens (including phenoxy) is 1. The second-order valence-corrected chi connectivity index (χ2v) is 7.57. The van der Waals surface area contributed by atoms with Crippen LogP contribution in [0.1, 0.15) is 5.56 Å². The molecule has 2 aliphatic heterocycles.